The third-order valence-electron chi connectivity index (χ3n) is 2.75. The molecule has 0 aliphatic rings. The second-order valence-electron chi connectivity index (χ2n) is 4.04. The average molecular weight is 297 g/mol. The summed E-state index contributed by atoms with van der Waals surface area (Å²) in [4.78, 5) is 12.4. The van der Waals surface area contributed by atoms with E-state index in [2.05, 4.69) is 10.1 Å². The molecule has 0 unspecified atom stereocenters. The first kappa shape index (κ1) is 14.5. The highest BCUT2D eigenvalue weighted by molar-refractivity contribution is 7.09. The van der Waals surface area contributed by atoms with Gasteiger partial charge >= 0.3 is 5.97 Å². The van der Waals surface area contributed by atoms with Crippen LogP contribution in [0.5, 0.6) is 0 Å². The Morgan fingerprint density at radius 3 is 2.75 bits per heavy atom. The monoisotopic (exact) mass is 297 g/mol. The molecule has 0 radical (unpaired) electrons. The number of thiophene rings is 1. The molecule has 0 saturated carbocycles. The molecule has 3 nitrogen and oxygen atoms in total. The van der Waals surface area contributed by atoms with Gasteiger partial charge in [-0.2, -0.15) is 0 Å². The molecule has 0 amide bonds. The second kappa shape index (κ2) is 6.47. The van der Waals surface area contributed by atoms with Crippen LogP contribution >= 0.6 is 11.3 Å². The Labute approximate surface area is 119 Å². The van der Waals surface area contributed by atoms with Crippen LogP contribution in [0.4, 0.5) is 14.5 Å². The zero-order valence-corrected chi connectivity index (χ0v) is 11.6. The predicted octanol–water partition coefficient (Wildman–Crippen LogP) is 3.47. The minimum Gasteiger partial charge on any atom is -0.465 e. The van der Waals surface area contributed by atoms with E-state index in [1.54, 1.807) is 11.3 Å². The molecule has 0 aliphatic carbocycles. The van der Waals surface area contributed by atoms with E-state index in [1.807, 2.05) is 17.5 Å². The fourth-order valence-electron chi connectivity index (χ4n) is 1.73. The molecular weight excluding hydrogens is 284 g/mol. The van der Waals surface area contributed by atoms with E-state index >= 15 is 0 Å². The molecule has 20 heavy (non-hydrogen) atoms. The molecule has 1 aromatic heterocycles. The number of methoxy groups -OCH3 is 1. The van der Waals surface area contributed by atoms with Gasteiger partial charge in [0.2, 0.25) is 0 Å². The number of anilines is 1. The molecule has 1 heterocycles. The number of ether oxygens (including phenoxy) is 1. The van der Waals surface area contributed by atoms with Crippen LogP contribution < -0.4 is 5.32 Å². The highest BCUT2D eigenvalue weighted by Gasteiger charge is 2.18. The Morgan fingerprint density at radius 1 is 1.30 bits per heavy atom. The van der Waals surface area contributed by atoms with E-state index in [4.69, 9.17) is 0 Å². The Bertz CT molecular complexity index is 599. The summed E-state index contributed by atoms with van der Waals surface area (Å²) in [6.07, 6.45) is 0.720. The molecule has 0 atom stereocenters. The highest BCUT2D eigenvalue weighted by atomic mass is 32.1. The fourth-order valence-corrected chi connectivity index (χ4v) is 2.44. The molecule has 0 fully saturated rings. The van der Waals surface area contributed by atoms with Gasteiger partial charge in [-0.3, -0.25) is 0 Å². The maximum Gasteiger partial charge on any atom is 0.340 e. The third-order valence-corrected chi connectivity index (χ3v) is 3.69. The lowest BCUT2D eigenvalue weighted by atomic mass is 10.1. The van der Waals surface area contributed by atoms with Gasteiger partial charge in [-0.25, -0.2) is 13.6 Å². The smallest absolute Gasteiger partial charge is 0.340 e. The molecule has 0 saturated heterocycles. The molecule has 0 bridgehead atoms. The Morgan fingerprint density at radius 2 is 2.10 bits per heavy atom. The minimum atomic E-state index is -1.20. The van der Waals surface area contributed by atoms with Crippen molar-refractivity contribution in [3.8, 4) is 0 Å². The van der Waals surface area contributed by atoms with E-state index in [0.29, 0.717) is 6.54 Å². The van der Waals surface area contributed by atoms with Crippen molar-refractivity contribution in [2.24, 2.45) is 0 Å². The number of nitrogens with one attached hydrogen (secondary N) is 1. The molecule has 106 valence electrons. The van der Waals surface area contributed by atoms with Crippen LogP contribution in [0.15, 0.2) is 29.6 Å². The molecule has 1 N–H and O–H groups in total. The number of hydrogen-bond donors (Lipinski definition) is 1. The van der Waals surface area contributed by atoms with Crippen LogP contribution in [0.25, 0.3) is 0 Å². The molecule has 0 spiro atoms. The van der Waals surface area contributed by atoms with Gasteiger partial charge < -0.3 is 10.1 Å². The number of benzene rings is 1. The largest absolute Gasteiger partial charge is 0.465 e. The van der Waals surface area contributed by atoms with Gasteiger partial charge in [-0.05, 0) is 30.0 Å². The molecule has 2 aromatic rings. The summed E-state index contributed by atoms with van der Waals surface area (Å²) >= 11 is 1.61. The maximum absolute atomic E-state index is 13.8. The molecule has 6 heteroatoms. The van der Waals surface area contributed by atoms with Gasteiger partial charge in [0.25, 0.3) is 0 Å². The normalized spacial score (nSPS) is 10.3. The van der Waals surface area contributed by atoms with Gasteiger partial charge in [-0.1, -0.05) is 6.07 Å². The van der Waals surface area contributed by atoms with Crippen LogP contribution in [-0.2, 0) is 11.2 Å². The number of carbonyl (C=O) groups is 1. The quantitative estimate of drug-likeness (QED) is 0.859. The van der Waals surface area contributed by atoms with Crippen LogP contribution in [0.2, 0.25) is 0 Å². The molecule has 1 aromatic carbocycles. The molecule has 2 rings (SSSR count). The van der Waals surface area contributed by atoms with Crippen molar-refractivity contribution in [3.05, 3.63) is 51.7 Å². The molecular formula is C14H13F2NO2S. The van der Waals surface area contributed by atoms with Crippen molar-refractivity contribution >= 4 is 23.0 Å². The summed E-state index contributed by atoms with van der Waals surface area (Å²) in [6, 6.07) is 6.45. The minimum absolute atomic E-state index is 0.0340. The van der Waals surface area contributed by atoms with Crippen molar-refractivity contribution in [2.45, 2.75) is 6.42 Å². The van der Waals surface area contributed by atoms with E-state index in [9.17, 15) is 13.6 Å². The zero-order chi connectivity index (χ0) is 14.5. The first-order valence-electron chi connectivity index (χ1n) is 5.96. The lowest BCUT2D eigenvalue weighted by molar-refractivity contribution is 0.0594. The van der Waals surface area contributed by atoms with Crippen molar-refractivity contribution in [3.63, 3.8) is 0 Å². The number of rotatable bonds is 5. The van der Waals surface area contributed by atoms with E-state index in [1.165, 1.54) is 12.1 Å². The van der Waals surface area contributed by atoms with Crippen LogP contribution in [0, 0.1) is 11.6 Å². The lowest BCUT2D eigenvalue weighted by Crippen LogP contribution is -2.10. The van der Waals surface area contributed by atoms with E-state index in [-0.39, 0.29) is 5.69 Å². The van der Waals surface area contributed by atoms with Gasteiger partial charge in [0.1, 0.15) is 0 Å². The van der Waals surface area contributed by atoms with Crippen molar-refractivity contribution in [1.29, 1.82) is 0 Å². The van der Waals surface area contributed by atoms with Gasteiger partial charge in [0, 0.05) is 11.4 Å². The number of carbonyl (C=O) groups excluding carboxylic acids is 1. The summed E-state index contributed by atoms with van der Waals surface area (Å²) < 4.78 is 31.8. The first-order valence-corrected chi connectivity index (χ1v) is 6.84. The second-order valence-corrected chi connectivity index (χ2v) is 5.07. The fraction of sp³-hybridized carbons (Fsp3) is 0.214. The van der Waals surface area contributed by atoms with Gasteiger partial charge in [0.15, 0.2) is 11.6 Å². The topological polar surface area (TPSA) is 38.3 Å². The average Bonchev–Trinajstić information content (AvgIpc) is 2.96. The van der Waals surface area contributed by atoms with Crippen LogP contribution in [0.3, 0.4) is 0 Å². The lowest BCUT2D eigenvalue weighted by Gasteiger charge is -2.09. The highest BCUT2D eigenvalue weighted by Crippen LogP contribution is 2.21. The van der Waals surface area contributed by atoms with Crippen molar-refractivity contribution in [2.75, 3.05) is 19.0 Å². The number of esters is 1. The van der Waals surface area contributed by atoms with Gasteiger partial charge in [0.05, 0.1) is 18.4 Å². The summed E-state index contributed by atoms with van der Waals surface area (Å²) in [5, 5.41) is 4.77. The molecule has 0 aliphatic heterocycles. The summed E-state index contributed by atoms with van der Waals surface area (Å²) in [7, 11) is 1.12. The Hall–Kier alpha value is -1.95. The maximum atomic E-state index is 13.8. The van der Waals surface area contributed by atoms with Crippen LogP contribution in [-0.4, -0.2) is 19.6 Å². The summed E-state index contributed by atoms with van der Waals surface area (Å²) in [6.45, 7) is 0.481. The number of hydrogen-bond acceptors (Lipinski definition) is 4. The third kappa shape index (κ3) is 3.14. The van der Waals surface area contributed by atoms with Crippen LogP contribution in [0.1, 0.15) is 15.2 Å². The SMILES string of the molecule is COC(=O)c1ccc(NCCc2cccs2)c(F)c1F. The number of halogens is 2. The zero-order valence-electron chi connectivity index (χ0n) is 10.8. The van der Waals surface area contributed by atoms with Gasteiger partial charge in [-0.15, -0.1) is 11.3 Å². The van der Waals surface area contributed by atoms with Crippen molar-refractivity contribution < 1.29 is 18.3 Å². The van der Waals surface area contributed by atoms with E-state index < -0.39 is 23.2 Å². The Kier molecular flexibility index (Phi) is 4.68. The summed E-state index contributed by atoms with van der Waals surface area (Å²) in [5.74, 6) is -3.16. The predicted molar refractivity (Wildman–Crippen MR) is 74.2 cm³/mol. The van der Waals surface area contributed by atoms with Crippen molar-refractivity contribution in [1.82, 2.24) is 0 Å². The van der Waals surface area contributed by atoms with E-state index in [0.717, 1.165) is 18.4 Å². The summed E-state index contributed by atoms with van der Waals surface area (Å²) in [5.41, 5.74) is -0.375. The Balaban J connectivity index is 2.05. The standard InChI is InChI=1S/C14H13F2NO2S/c1-19-14(18)10-4-5-11(13(16)12(10)15)17-7-6-9-3-2-8-20-9/h2-5,8,17H,6-7H2,1H3. The first-order chi connectivity index (χ1) is 9.63.